The highest BCUT2D eigenvalue weighted by atomic mass is 32.2. The van der Waals surface area contributed by atoms with Gasteiger partial charge >= 0.3 is 0 Å². The van der Waals surface area contributed by atoms with Crippen LogP contribution in [0.5, 0.6) is 0 Å². The highest BCUT2D eigenvalue weighted by Gasteiger charge is 2.24. The maximum atomic E-state index is 13.3. The highest BCUT2D eigenvalue weighted by molar-refractivity contribution is 8.12. The molecule has 0 aliphatic heterocycles. The number of benzene rings is 1. The van der Waals surface area contributed by atoms with Crippen LogP contribution in [0.3, 0.4) is 0 Å². The molecule has 1 aromatic carbocycles. The van der Waals surface area contributed by atoms with Crippen LogP contribution in [0.15, 0.2) is 0 Å². The largest absolute Gasteiger partial charge is 0.391 e. The van der Waals surface area contributed by atoms with E-state index in [0.29, 0.717) is 11.8 Å². The van der Waals surface area contributed by atoms with Crippen molar-refractivity contribution < 1.29 is 27.5 Å². The summed E-state index contributed by atoms with van der Waals surface area (Å²) in [5, 5.41) is 8.15. The van der Waals surface area contributed by atoms with Crippen LogP contribution in [0.2, 0.25) is 0 Å². The van der Waals surface area contributed by atoms with Crippen molar-refractivity contribution >= 4 is 16.9 Å². The van der Waals surface area contributed by atoms with Gasteiger partial charge in [0, 0.05) is 18.2 Å². The van der Waals surface area contributed by atoms with Gasteiger partial charge in [-0.3, -0.25) is 4.79 Å². The molecule has 1 aromatic rings. The second-order valence-electron chi connectivity index (χ2n) is 3.15. The molecule has 0 atom stereocenters. The van der Waals surface area contributed by atoms with Gasteiger partial charge in [0.25, 0.3) is 0 Å². The molecule has 0 aliphatic carbocycles. The third-order valence-corrected chi connectivity index (χ3v) is 2.86. The van der Waals surface area contributed by atoms with Gasteiger partial charge in [0.2, 0.25) is 0 Å². The number of hydrogen-bond donors (Lipinski definition) is 1. The number of carbonyl (C=O) groups is 1. The summed E-state index contributed by atoms with van der Waals surface area (Å²) in [7, 11) is 0. The van der Waals surface area contributed by atoms with E-state index in [4.69, 9.17) is 5.11 Å². The molecular weight excluding hydrogens is 260 g/mol. The summed E-state index contributed by atoms with van der Waals surface area (Å²) in [5.41, 5.74) is -1.91. The summed E-state index contributed by atoms with van der Waals surface area (Å²) in [4.78, 5) is 10.6. The lowest BCUT2D eigenvalue weighted by atomic mass is 10.1. The normalized spacial score (nSPS) is 10.7. The van der Waals surface area contributed by atoms with Gasteiger partial charge in [-0.1, -0.05) is 11.8 Å². The van der Waals surface area contributed by atoms with E-state index in [2.05, 4.69) is 0 Å². The van der Waals surface area contributed by atoms with E-state index >= 15 is 0 Å². The first-order valence-electron chi connectivity index (χ1n) is 4.48. The second kappa shape index (κ2) is 5.50. The van der Waals surface area contributed by atoms with Crippen molar-refractivity contribution in [2.24, 2.45) is 0 Å². The summed E-state index contributed by atoms with van der Waals surface area (Å²) in [6.45, 7) is 0.0148. The van der Waals surface area contributed by atoms with Crippen molar-refractivity contribution in [3.8, 4) is 0 Å². The lowest BCUT2D eigenvalue weighted by Crippen LogP contribution is -2.08. The number of aliphatic hydroxyl groups excluding tert-OH is 1. The van der Waals surface area contributed by atoms with E-state index < -0.39 is 51.9 Å². The van der Waals surface area contributed by atoms with E-state index in [9.17, 15) is 22.4 Å². The molecule has 94 valence electrons. The average Bonchev–Trinajstić information content (AvgIpc) is 2.27. The summed E-state index contributed by atoms with van der Waals surface area (Å²) in [6.07, 6.45) is 0. The quantitative estimate of drug-likeness (QED) is 0.676. The molecule has 1 rings (SSSR count). The molecule has 7 heteroatoms. The maximum Gasteiger partial charge on any atom is 0.186 e. The minimum Gasteiger partial charge on any atom is -0.391 e. The fraction of sp³-hybridized carbons (Fsp3) is 0.300. The molecule has 0 aliphatic rings. The van der Waals surface area contributed by atoms with Gasteiger partial charge in [0.1, 0.15) is 0 Å². The SMILES string of the molecule is CC(=O)SCc1c(F)c(F)c(CO)c(F)c1F. The van der Waals surface area contributed by atoms with Crippen molar-refractivity contribution in [2.75, 3.05) is 0 Å². The molecule has 0 amide bonds. The van der Waals surface area contributed by atoms with Crippen molar-refractivity contribution in [1.82, 2.24) is 0 Å². The molecular formula is C10H8F4O2S. The number of aliphatic hydroxyl groups is 1. The number of thioether (sulfide) groups is 1. The zero-order valence-electron chi connectivity index (χ0n) is 8.69. The lowest BCUT2D eigenvalue weighted by molar-refractivity contribution is -0.109. The molecule has 0 unspecified atom stereocenters. The van der Waals surface area contributed by atoms with E-state index in [1.807, 2.05) is 0 Å². The van der Waals surface area contributed by atoms with Gasteiger partial charge in [-0.2, -0.15) is 0 Å². The molecule has 0 radical (unpaired) electrons. The second-order valence-corrected chi connectivity index (χ2v) is 4.30. The predicted molar refractivity (Wildman–Crippen MR) is 54.2 cm³/mol. The summed E-state index contributed by atoms with van der Waals surface area (Å²) in [5.74, 6) is -6.94. The van der Waals surface area contributed by atoms with Crippen LogP contribution >= 0.6 is 11.8 Å². The smallest absolute Gasteiger partial charge is 0.186 e. The Bertz CT molecular complexity index is 433. The Morgan fingerprint density at radius 1 is 1.06 bits per heavy atom. The lowest BCUT2D eigenvalue weighted by Gasteiger charge is -2.09. The molecule has 0 fully saturated rings. The molecule has 0 bridgehead atoms. The van der Waals surface area contributed by atoms with E-state index in [0.717, 1.165) is 6.92 Å². The molecule has 0 aromatic heterocycles. The Morgan fingerprint density at radius 2 is 1.47 bits per heavy atom. The standard InChI is InChI=1S/C10H8F4O2S/c1-4(16)17-3-6-9(13)7(11)5(2-15)8(12)10(6)14/h15H,2-3H2,1H3. The molecule has 0 saturated carbocycles. The first kappa shape index (κ1) is 14.0. The first-order chi connectivity index (χ1) is 7.90. The van der Waals surface area contributed by atoms with Gasteiger partial charge in [0.05, 0.1) is 12.2 Å². The van der Waals surface area contributed by atoms with E-state index in [1.54, 1.807) is 0 Å². The van der Waals surface area contributed by atoms with Gasteiger partial charge in [0.15, 0.2) is 28.4 Å². The van der Waals surface area contributed by atoms with Crippen molar-refractivity contribution in [2.45, 2.75) is 19.3 Å². The number of hydrogen-bond acceptors (Lipinski definition) is 3. The molecule has 0 spiro atoms. The van der Waals surface area contributed by atoms with Crippen LogP contribution in [0.1, 0.15) is 18.1 Å². The number of halogens is 4. The van der Waals surface area contributed by atoms with Crippen molar-refractivity contribution in [3.63, 3.8) is 0 Å². The van der Waals surface area contributed by atoms with Crippen LogP contribution in [-0.4, -0.2) is 10.2 Å². The summed E-state index contributed by atoms with van der Waals surface area (Å²) >= 11 is 0.529. The fourth-order valence-corrected chi connectivity index (χ4v) is 1.76. The van der Waals surface area contributed by atoms with E-state index in [-0.39, 0.29) is 0 Å². The third kappa shape index (κ3) is 2.78. The van der Waals surface area contributed by atoms with Gasteiger partial charge < -0.3 is 5.11 Å². The van der Waals surface area contributed by atoms with E-state index in [1.165, 1.54) is 0 Å². The Morgan fingerprint density at radius 3 is 1.82 bits per heavy atom. The Balaban J connectivity index is 3.27. The Hall–Kier alpha value is -1.08. The van der Waals surface area contributed by atoms with Crippen LogP contribution in [0.25, 0.3) is 0 Å². The zero-order valence-corrected chi connectivity index (χ0v) is 9.51. The number of rotatable bonds is 3. The highest BCUT2D eigenvalue weighted by Crippen LogP contribution is 2.27. The first-order valence-corrected chi connectivity index (χ1v) is 5.46. The van der Waals surface area contributed by atoms with Gasteiger partial charge in [-0.05, 0) is 0 Å². The molecule has 17 heavy (non-hydrogen) atoms. The maximum absolute atomic E-state index is 13.3. The molecule has 1 N–H and O–H groups in total. The van der Waals surface area contributed by atoms with Crippen LogP contribution < -0.4 is 0 Å². The predicted octanol–water partition coefficient (Wildman–Crippen LogP) is 2.52. The molecule has 0 saturated heterocycles. The third-order valence-electron chi connectivity index (χ3n) is 2.02. The van der Waals surface area contributed by atoms with Crippen LogP contribution in [-0.2, 0) is 17.2 Å². The Labute approximate surface area is 98.6 Å². The van der Waals surface area contributed by atoms with Gasteiger partial charge in [-0.15, -0.1) is 0 Å². The molecule has 2 nitrogen and oxygen atoms in total. The summed E-state index contributed by atoms with van der Waals surface area (Å²) < 4.78 is 53.0. The van der Waals surface area contributed by atoms with Crippen molar-refractivity contribution in [3.05, 3.63) is 34.4 Å². The average molecular weight is 268 g/mol. The van der Waals surface area contributed by atoms with Crippen LogP contribution in [0, 0.1) is 23.3 Å². The minimum atomic E-state index is -1.63. The zero-order chi connectivity index (χ0) is 13.2. The number of carbonyl (C=O) groups excluding carboxylic acids is 1. The van der Waals surface area contributed by atoms with Crippen LogP contribution in [0.4, 0.5) is 17.6 Å². The fourth-order valence-electron chi connectivity index (χ4n) is 1.16. The van der Waals surface area contributed by atoms with Gasteiger partial charge in [-0.25, -0.2) is 17.6 Å². The topological polar surface area (TPSA) is 37.3 Å². The Kier molecular flexibility index (Phi) is 4.53. The molecule has 0 heterocycles. The van der Waals surface area contributed by atoms with Crippen molar-refractivity contribution in [1.29, 1.82) is 0 Å². The minimum absolute atomic E-state index is 0.434. The monoisotopic (exact) mass is 268 g/mol. The summed E-state index contributed by atoms with van der Waals surface area (Å²) in [6, 6.07) is 0.